The Kier molecular flexibility index (Phi) is 3.54. The van der Waals surface area contributed by atoms with Crippen molar-refractivity contribution < 1.29 is 13.2 Å². The smallest absolute Gasteiger partial charge is 0.264 e. The average molecular weight is 369 g/mol. The van der Waals surface area contributed by atoms with E-state index in [-0.39, 0.29) is 11.4 Å². The van der Waals surface area contributed by atoms with E-state index in [1.165, 1.54) is 16.4 Å². The van der Waals surface area contributed by atoms with Crippen LogP contribution in [0.3, 0.4) is 0 Å². The third-order valence-corrected chi connectivity index (χ3v) is 5.74. The molecule has 2 N–H and O–H groups in total. The van der Waals surface area contributed by atoms with Crippen LogP contribution in [-0.4, -0.2) is 21.6 Å². The number of sulfonamides is 1. The first kappa shape index (κ1) is 14.2. The summed E-state index contributed by atoms with van der Waals surface area (Å²) >= 11 is 3.26. The van der Waals surface area contributed by atoms with Crippen LogP contribution in [-0.2, 0) is 10.0 Å². The molecule has 0 unspecified atom stereocenters. The number of fused-ring (bicyclic) bond motifs is 1. The van der Waals surface area contributed by atoms with Crippen molar-refractivity contribution in [3.8, 4) is 5.75 Å². The number of halogens is 1. The van der Waals surface area contributed by atoms with E-state index in [0.29, 0.717) is 28.2 Å². The van der Waals surface area contributed by atoms with E-state index in [4.69, 9.17) is 10.5 Å². The minimum atomic E-state index is -3.65. The van der Waals surface area contributed by atoms with Gasteiger partial charge >= 0.3 is 0 Å². The number of nitrogens with zero attached hydrogens (tertiary/aromatic N) is 1. The molecule has 3 rings (SSSR count). The molecule has 0 aliphatic carbocycles. The fourth-order valence-electron chi connectivity index (χ4n) is 2.19. The van der Waals surface area contributed by atoms with E-state index in [0.717, 1.165) is 0 Å². The summed E-state index contributed by atoms with van der Waals surface area (Å²) in [5, 5.41) is 0. The van der Waals surface area contributed by atoms with Crippen LogP contribution in [0.15, 0.2) is 51.8 Å². The van der Waals surface area contributed by atoms with Gasteiger partial charge < -0.3 is 10.5 Å². The average Bonchev–Trinajstić information content (AvgIpc) is 2.49. The predicted molar refractivity (Wildman–Crippen MR) is 85.0 cm³/mol. The fraction of sp³-hybridized carbons (Fsp3) is 0.143. The second-order valence-electron chi connectivity index (χ2n) is 4.58. The molecular formula is C14H13BrN2O3S. The summed E-state index contributed by atoms with van der Waals surface area (Å²) in [4.78, 5) is 0.195. The Bertz CT molecular complexity index is 793. The van der Waals surface area contributed by atoms with Crippen molar-refractivity contribution in [2.45, 2.75) is 4.90 Å². The van der Waals surface area contributed by atoms with Crippen LogP contribution >= 0.6 is 15.9 Å². The van der Waals surface area contributed by atoms with Gasteiger partial charge in [0.05, 0.1) is 17.1 Å². The summed E-state index contributed by atoms with van der Waals surface area (Å²) in [6.07, 6.45) is 0. The van der Waals surface area contributed by atoms with Gasteiger partial charge in [-0.3, -0.25) is 4.31 Å². The van der Waals surface area contributed by atoms with Crippen LogP contribution in [0.4, 0.5) is 11.4 Å². The Morgan fingerprint density at radius 3 is 2.71 bits per heavy atom. The molecule has 110 valence electrons. The van der Waals surface area contributed by atoms with E-state index in [1.807, 2.05) is 6.07 Å². The van der Waals surface area contributed by atoms with E-state index < -0.39 is 10.0 Å². The molecule has 1 aliphatic rings. The quantitative estimate of drug-likeness (QED) is 0.826. The molecule has 21 heavy (non-hydrogen) atoms. The van der Waals surface area contributed by atoms with Gasteiger partial charge in [0.1, 0.15) is 12.4 Å². The third kappa shape index (κ3) is 2.47. The number of para-hydroxylation sites is 2. The standard InChI is InChI=1S/C14H13BrN2O3S/c15-11-9-10(5-6-12(11)16)21(18,19)17-7-8-20-14-4-2-1-3-13(14)17/h1-6,9H,7-8,16H2. The topological polar surface area (TPSA) is 72.6 Å². The van der Waals surface area contributed by atoms with Gasteiger partial charge in [0, 0.05) is 10.2 Å². The molecule has 0 spiro atoms. The molecule has 2 aromatic carbocycles. The van der Waals surface area contributed by atoms with Crippen molar-refractivity contribution in [1.29, 1.82) is 0 Å². The molecule has 0 bridgehead atoms. The summed E-state index contributed by atoms with van der Waals surface area (Å²) in [6, 6.07) is 11.7. The van der Waals surface area contributed by atoms with Crippen LogP contribution in [0.1, 0.15) is 0 Å². The number of hydrogen-bond acceptors (Lipinski definition) is 4. The summed E-state index contributed by atoms with van der Waals surface area (Å²) < 4.78 is 33.1. The molecule has 0 fully saturated rings. The number of benzene rings is 2. The molecule has 5 nitrogen and oxygen atoms in total. The number of ether oxygens (including phenoxy) is 1. The Morgan fingerprint density at radius 1 is 1.19 bits per heavy atom. The lowest BCUT2D eigenvalue weighted by atomic mass is 10.2. The van der Waals surface area contributed by atoms with E-state index >= 15 is 0 Å². The van der Waals surface area contributed by atoms with Crippen LogP contribution in [0.2, 0.25) is 0 Å². The van der Waals surface area contributed by atoms with Crippen molar-refractivity contribution in [1.82, 2.24) is 0 Å². The van der Waals surface area contributed by atoms with Gasteiger partial charge in [-0.25, -0.2) is 8.42 Å². The van der Waals surface area contributed by atoms with E-state index in [2.05, 4.69) is 15.9 Å². The molecular weight excluding hydrogens is 356 g/mol. The SMILES string of the molecule is Nc1ccc(S(=O)(=O)N2CCOc3ccccc32)cc1Br. The molecule has 0 aromatic heterocycles. The number of nitrogens with two attached hydrogens (primary N) is 1. The van der Waals surface area contributed by atoms with Gasteiger partial charge in [-0.15, -0.1) is 0 Å². The first-order valence-electron chi connectivity index (χ1n) is 6.30. The monoisotopic (exact) mass is 368 g/mol. The van der Waals surface area contributed by atoms with Gasteiger partial charge in [-0.1, -0.05) is 12.1 Å². The second kappa shape index (κ2) is 5.23. The lowest BCUT2D eigenvalue weighted by Crippen LogP contribution is -2.37. The maximum Gasteiger partial charge on any atom is 0.264 e. The van der Waals surface area contributed by atoms with E-state index in [9.17, 15) is 8.42 Å². The van der Waals surface area contributed by atoms with Crippen molar-refractivity contribution in [2.75, 3.05) is 23.2 Å². The zero-order chi connectivity index (χ0) is 15.0. The number of rotatable bonds is 2. The lowest BCUT2D eigenvalue weighted by Gasteiger charge is -2.30. The first-order valence-corrected chi connectivity index (χ1v) is 8.53. The van der Waals surface area contributed by atoms with Crippen molar-refractivity contribution in [3.63, 3.8) is 0 Å². The number of hydrogen-bond donors (Lipinski definition) is 1. The van der Waals surface area contributed by atoms with Crippen molar-refractivity contribution in [2.24, 2.45) is 0 Å². The first-order chi connectivity index (χ1) is 10.00. The highest BCUT2D eigenvalue weighted by Gasteiger charge is 2.30. The molecule has 1 heterocycles. The highest BCUT2D eigenvalue weighted by atomic mass is 79.9. The molecule has 0 atom stereocenters. The summed E-state index contributed by atoms with van der Waals surface area (Å²) in [7, 11) is -3.65. The van der Waals surface area contributed by atoms with Crippen LogP contribution in [0, 0.1) is 0 Å². The largest absolute Gasteiger partial charge is 0.489 e. The normalized spacial score (nSPS) is 14.4. The number of anilines is 2. The van der Waals surface area contributed by atoms with Crippen molar-refractivity contribution >= 4 is 37.3 Å². The molecule has 0 saturated heterocycles. The Labute approximate surface area is 131 Å². The highest BCUT2D eigenvalue weighted by molar-refractivity contribution is 9.10. The van der Waals surface area contributed by atoms with E-state index in [1.54, 1.807) is 24.3 Å². The molecule has 2 aromatic rings. The van der Waals surface area contributed by atoms with Crippen LogP contribution in [0.5, 0.6) is 5.75 Å². The predicted octanol–water partition coefficient (Wildman–Crippen LogP) is 2.62. The maximum absolute atomic E-state index is 12.8. The van der Waals surface area contributed by atoms with Gasteiger partial charge in [0.15, 0.2) is 0 Å². The summed E-state index contributed by atoms with van der Waals surface area (Å²) in [5.41, 5.74) is 6.76. The zero-order valence-electron chi connectivity index (χ0n) is 11.0. The van der Waals surface area contributed by atoms with Crippen molar-refractivity contribution in [3.05, 3.63) is 46.9 Å². The molecule has 1 aliphatic heterocycles. The second-order valence-corrected chi connectivity index (χ2v) is 7.29. The van der Waals surface area contributed by atoms with Crippen LogP contribution in [0.25, 0.3) is 0 Å². The maximum atomic E-state index is 12.8. The Morgan fingerprint density at radius 2 is 1.95 bits per heavy atom. The molecule has 0 saturated carbocycles. The Hall–Kier alpha value is -1.73. The Balaban J connectivity index is 2.09. The molecule has 0 amide bonds. The van der Waals surface area contributed by atoms with Gasteiger partial charge in [-0.2, -0.15) is 0 Å². The highest BCUT2D eigenvalue weighted by Crippen LogP contribution is 2.35. The summed E-state index contributed by atoms with van der Waals surface area (Å²) in [6.45, 7) is 0.605. The zero-order valence-corrected chi connectivity index (χ0v) is 13.4. The minimum Gasteiger partial charge on any atom is -0.489 e. The minimum absolute atomic E-state index is 0.195. The van der Waals surface area contributed by atoms with Gasteiger partial charge in [0.2, 0.25) is 0 Å². The van der Waals surface area contributed by atoms with Gasteiger partial charge in [0.25, 0.3) is 10.0 Å². The summed E-state index contributed by atoms with van der Waals surface area (Å²) in [5.74, 6) is 0.571. The van der Waals surface area contributed by atoms with Gasteiger partial charge in [-0.05, 0) is 46.3 Å². The molecule has 0 radical (unpaired) electrons. The fourth-order valence-corrected chi connectivity index (χ4v) is 4.21. The van der Waals surface area contributed by atoms with Crippen LogP contribution < -0.4 is 14.8 Å². The third-order valence-electron chi connectivity index (χ3n) is 3.25. The lowest BCUT2D eigenvalue weighted by molar-refractivity contribution is 0.316. The number of nitrogen functional groups attached to an aromatic ring is 1. The molecule has 7 heteroatoms.